The van der Waals surface area contributed by atoms with Crippen LogP contribution in [0.4, 0.5) is 0 Å². The molecule has 0 amide bonds. The van der Waals surface area contributed by atoms with E-state index in [1.54, 1.807) is 0 Å². The molecule has 2 aromatic rings. The first kappa shape index (κ1) is 12.4. The third-order valence-electron chi connectivity index (χ3n) is 2.85. The predicted octanol–water partition coefficient (Wildman–Crippen LogP) is 3.38. The molecule has 0 bridgehead atoms. The van der Waals surface area contributed by atoms with Gasteiger partial charge < -0.3 is 4.98 Å². The van der Waals surface area contributed by atoms with E-state index in [4.69, 9.17) is 5.26 Å². The molecule has 2 rings (SSSR count). The molecule has 0 atom stereocenters. The van der Waals surface area contributed by atoms with E-state index >= 15 is 0 Å². The summed E-state index contributed by atoms with van der Waals surface area (Å²) in [4.78, 5) is 7.61. The summed E-state index contributed by atoms with van der Waals surface area (Å²) >= 11 is 0. The molecule has 0 spiro atoms. The molecule has 0 aromatic carbocycles. The minimum atomic E-state index is 0.630. The number of rotatable bonds is 4. The Labute approximate surface area is 107 Å². The maximum absolute atomic E-state index is 8.49. The van der Waals surface area contributed by atoms with Gasteiger partial charge in [-0.3, -0.25) is 0 Å². The van der Waals surface area contributed by atoms with Gasteiger partial charge >= 0.3 is 0 Å². The average molecular weight is 239 g/mol. The molecular formula is C15H17N3. The topological polar surface area (TPSA) is 52.5 Å². The number of aromatic nitrogens is 2. The van der Waals surface area contributed by atoms with Crippen molar-refractivity contribution in [3.63, 3.8) is 0 Å². The van der Waals surface area contributed by atoms with Crippen molar-refractivity contribution in [3.8, 4) is 6.07 Å². The van der Waals surface area contributed by atoms with E-state index in [0.29, 0.717) is 5.92 Å². The number of pyridine rings is 1. The van der Waals surface area contributed by atoms with Gasteiger partial charge in [0.25, 0.3) is 0 Å². The highest BCUT2D eigenvalue weighted by Gasteiger charge is 2.06. The van der Waals surface area contributed by atoms with Crippen LogP contribution in [0.3, 0.4) is 0 Å². The number of nitriles is 1. The Kier molecular flexibility index (Phi) is 3.78. The zero-order valence-electron chi connectivity index (χ0n) is 10.8. The highest BCUT2D eigenvalue weighted by atomic mass is 14.8. The highest BCUT2D eigenvalue weighted by molar-refractivity contribution is 5.80. The molecule has 2 heterocycles. The van der Waals surface area contributed by atoms with Gasteiger partial charge in [0.15, 0.2) is 0 Å². The summed E-state index contributed by atoms with van der Waals surface area (Å²) in [5, 5.41) is 9.66. The Balaban J connectivity index is 2.31. The zero-order chi connectivity index (χ0) is 13.0. The van der Waals surface area contributed by atoms with Gasteiger partial charge in [-0.05, 0) is 36.0 Å². The number of nitrogens with zero attached hydrogens (tertiary/aromatic N) is 2. The lowest BCUT2D eigenvalue weighted by atomic mass is 10.0. The number of H-pyrrole nitrogens is 1. The van der Waals surface area contributed by atoms with Crippen LogP contribution in [0.5, 0.6) is 0 Å². The van der Waals surface area contributed by atoms with E-state index in [1.165, 1.54) is 17.2 Å². The summed E-state index contributed by atoms with van der Waals surface area (Å²) in [6, 6.07) is 4.21. The van der Waals surface area contributed by atoms with Gasteiger partial charge in [0.2, 0.25) is 0 Å². The molecular weight excluding hydrogens is 222 g/mol. The summed E-state index contributed by atoms with van der Waals surface area (Å²) in [7, 11) is 0. The third-order valence-corrected chi connectivity index (χ3v) is 2.85. The molecule has 18 heavy (non-hydrogen) atoms. The summed E-state index contributed by atoms with van der Waals surface area (Å²) < 4.78 is 0. The molecule has 0 unspecified atom stereocenters. The third kappa shape index (κ3) is 2.78. The van der Waals surface area contributed by atoms with Crippen LogP contribution in [0.2, 0.25) is 0 Å². The van der Waals surface area contributed by atoms with Crippen LogP contribution in [0, 0.1) is 17.2 Å². The van der Waals surface area contributed by atoms with E-state index in [1.807, 2.05) is 24.5 Å². The van der Waals surface area contributed by atoms with Gasteiger partial charge in [0.05, 0.1) is 6.07 Å². The van der Waals surface area contributed by atoms with Crippen LogP contribution in [0.15, 0.2) is 30.6 Å². The Morgan fingerprint density at radius 3 is 3.06 bits per heavy atom. The van der Waals surface area contributed by atoms with Crippen LogP contribution in [0.25, 0.3) is 11.0 Å². The summed E-state index contributed by atoms with van der Waals surface area (Å²) in [5.74, 6) is 0.630. The molecule has 3 heteroatoms. The first-order chi connectivity index (χ1) is 8.70. The quantitative estimate of drug-likeness (QED) is 0.831. The first-order valence-electron chi connectivity index (χ1n) is 6.20. The smallest absolute Gasteiger partial charge is 0.137 e. The molecule has 92 valence electrons. The summed E-state index contributed by atoms with van der Waals surface area (Å²) in [5.41, 5.74) is 3.38. The molecule has 0 saturated heterocycles. The van der Waals surface area contributed by atoms with Crippen molar-refractivity contribution >= 4 is 11.0 Å². The Bertz CT molecular complexity index is 600. The monoisotopic (exact) mass is 239 g/mol. The average Bonchev–Trinajstić information content (AvgIpc) is 2.72. The second-order valence-corrected chi connectivity index (χ2v) is 4.89. The Hall–Kier alpha value is -2.08. The fourth-order valence-electron chi connectivity index (χ4n) is 2.09. The lowest BCUT2D eigenvalue weighted by Crippen LogP contribution is -1.95. The predicted molar refractivity (Wildman–Crippen MR) is 73.1 cm³/mol. The minimum absolute atomic E-state index is 0.630. The maximum atomic E-state index is 8.49. The molecule has 0 fully saturated rings. The molecule has 2 aromatic heterocycles. The number of fused-ring (bicyclic) bond motifs is 1. The normalized spacial score (nSPS) is 11.4. The minimum Gasteiger partial charge on any atom is -0.346 e. The van der Waals surface area contributed by atoms with Crippen molar-refractivity contribution < 1.29 is 0 Å². The fourth-order valence-corrected chi connectivity index (χ4v) is 2.09. The van der Waals surface area contributed by atoms with Gasteiger partial charge in [-0.25, -0.2) is 4.98 Å². The molecule has 0 aliphatic carbocycles. The van der Waals surface area contributed by atoms with Gasteiger partial charge in [-0.2, -0.15) is 5.26 Å². The van der Waals surface area contributed by atoms with E-state index in [9.17, 15) is 0 Å². The number of hydrogen-bond donors (Lipinski definition) is 1. The van der Waals surface area contributed by atoms with Gasteiger partial charge in [0.1, 0.15) is 5.65 Å². The van der Waals surface area contributed by atoms with Crippen molar-refractivity contribution in [2.45, 2.75) is 26.7 Å². The van der Waals surface area contributed by atoms with Crippen LogP contribution in [0.1, 0.15) is 25.0 Å². The van der Waals surface area contributed by atoms with E-state index in [-0.39, 0.29) is 0 Å². The van der Waals surface area contributed by atoms with Crippen LogP contribution in [-0.2, 0) is 12.8 Å². The number of aromatic amines is 1. The second kappa shape index (κ2) is 5.50. The van der Waals surface area contributed by atoms with E-state index < -0.39 is 0 Å². The number of hydrogen-bond acceptors (Lipinski definition) is 2. The van der Waals surface area contributed by atoms with Crippen LogP contribution >= 0.6 is 0 Å². The lowest BCUT2D eigenvalue weighted by molar-refractivity contribution is 0.646. The van der Waals surface area contributed by atoms with Crippen molar-refractivity contribution in [1.29, 1.82) is 5.26 Å². The molecule has 0 aliphatic heterocycles. The number of nitrogens with one attached hydrogen (secondary N) is 1. The fraction of sp³-hybridized carbons (Fsp3) is 0.333. The van der Waals surface area contributed by atoms with Crippen LogP contribution < -0.4 is 0 Å². The zero-order valence-corrected chi connectivity index (χ0v) is 10.8. The Morgan fingerprint density at radius 2 is 2.33 bits per heavy atom. The standard InChI is InChI=1S/C15H17N3/c1-11(2)7-12-8-14-13(5-3-4-6-16)10-18-15(14)17-9-12/h3-4,8-11H,5,7H2,1-2H3,(H,17,18)/b4-3+. The summed E-state index contributed by atoms with van der Waals surface area (Å²) in [6.07, 6.45) is 9.11. The van der Waals surface area contributed by atoms with Crippen molar-refractivity contribution in [3.05, 3.63) is 41.7 Å². The van der Waals surface area contributed by atoms with Crippen molar-refractivity contribution in [2.24, 2.45) is 5.92 Å². The van der Waals surface area contributed by atoms with Crippen LogP contribution in [-0.4, -0.2) is 9.97 Å². The molecule has 1 N–H and O–H groups in total. The van der Waals surface area contributed by atoms with Gasteiger partial charge in [0, 0.05) is 23.9 Å². The molecule has 0 saturated carbocycles. The largest absolute Gasteiger partial charge is 0.346 e. The van der Waals surface area contributed by atoms with Crippen molar-refractivity contribution in [1.82, 2.24) is 9.97 Å². The Morgan fingerprint density at radius 1 is 1.50 bits per heavy atom. The second-order valence-electron chi connectivity index (χ2n) is 4.89. The van der Waals surface area contributed by atoms with Gasteiger partial charge in [-0.15, -0.1) is 0 Å². The molecule has 3 nitrogen and oxygen atoms in total. The summed E-state index contributed by atoms with van der Waals surface area (Å²) in [6.45, 7) is 4.41. The van der Waals surface area contributed by atoms with E-state index in [0.717, 1.165) is 23.9 Å². The SMILES string of the molecule is CC(C)Cc1cnc2[nH]cc(C/C=C/C#N)c2c1. The van der Waals surface area contributed by atoms with Gasteiger partial charge in [-0.1, -0.05) is 19.9 Å². The lowest BCUT2D eigenvalue weighted by Gasteiger charge is -2.04. The van der Waals surface area contributed by atoms with Crippen molar-refractivity contribution in [2.75, 3.05) is 0 Å². The maximum Gasteiger partial charge on any atom is 0.137 e. The highest BCUT2D eigenvalue weighted by Crippen LogP contribution is 2.20. The molecule has 0 radical (unpaired) electrons. The van der Waals surface area contributed by atoms with E-state index in [2.05, 4.69) is 29.9 Å². The number of allylic oxidation sites excluding steroid dienone is 2. The molecule has 0 aliphatic rings. The first-order valence-corrected chi connectivity index (χ1v) is 6.20.